The second-order valence-electron chi connectivity index (χ2n) is 3.36. The van der Waals surface area contributed by atoms with Crippen LogP contribution in [-0.4, -0.2) is 17.9 Å². The molecule has 1 atom stereocenters. The minimum absolute atomic E-state index is 0.559. The van der Waals surface area contributed by atoms with Gasteiger partial charge in [0.25, 0.3) is 0 Å². The number of hydrogen-bond donors (Lipinski definition) is 1. The average Bonchev–Trinajstić information content (AvgIpc) is 2.15. The Morgan fingerprint density at radius 1 is 1.00 bits per heavy atom. The van der Waals surface area contributed by atoms with E-state index in [2.05, 4.69) is 0 Å². The van der Waals surface area contributed by atoms with E-state index in [1.807, 2.05) is 0 Å². The molecule has 0 aliphatic heterocycles. The highest BCUT2D eigenvalue weighted by atomic mass is 19.4. The summed E-state index contributed by atoms with van der Waals surface area (Å²) in [5.41, 5.74) is -2.34. The minimum Gasteiger partial charge on any atom is -0.395 e. The monoisotopic (exact) mass is 258 g/mol. The Bertz CT molecular complexity index is 381. The van der Waals surface area contributed by atoms with E-state index in [0.717, 1.165) is 18.2 Å². The van der Waals surface area contributed by atoms with Gasteiger partial charge in [-0.1, -0.05) is 18.2 Å². The SMILES string of the molecule is OCC(c1ccccc1C(F)(F)F)C(F)(F)F. The summed E-state index contributed by atoms with van der Waals surface area (Å²) in [6, 6.07) is 3.34. The van der Waals surface area contributed by atoms with Crippen molar-refractivity contribution in [3.63, 3.8) is 0 Å². The fraction of sp³-hybridized carbons (Fsp3) is 0.400. The summed E-state index contributed by atoms with van der Waals surface area (Å²) in [5, 5.41) is 8.62. The fourth-order valence-electron chi connectivity index (χ4n) is 1.44. The van der Waals surface area contributed by atoms with Crippen LogP contribution < -0.4 is 0 Å². The van der Waals surface area contributed by atoms with Crippen LogP contribution >= 0.6 is 0 Å². The second kappa shape index (κ2) is 4.56. The third kappa shape index (κ3) is 3.12. The molecule has 1 N–H and O–H groups in total. The number of benzene rings is 1. The van der Waals surface area contributed by atoms with Crippen molar-refractivity contribution in [1.29, 1.82) is 0 Å². The lowest BCUT2D eigenvalue weighted by molar-refractivity contribution is -0.163. The van der Waals surface area contributed by atoms with Gasteiger partial charge in [0.1, 0.15) is 5.92 Å². The molecule has 1 unspecified atom stereocenters. The zero-order valence-corrected chi connectivity index (χ0v) is 8.31. The number of hydrogen-bond acceptors (Lipinski definition) is 1. The van der Waals surface area contributed by atoms with Crippen LogP contribution in [0.1, 0.15) is 17.0 Å². The van der Waals surface area contributed by atoms with Gasteiger partial charge >= 0.3 is 12.4 Å². The third-order valence-electron chi connectivity index (χ3n) is 2.22. The summed E-state index contributed by atoms with van der Waals surface area (Å²) in [5.74, 6) is -2.53. The molecule has 0 radical (unpaired) electrons. The molecule has 0 aliphatic carbocycles. The van der Waals surface area contributed by atoms with Gasteiger partial charge in [0, 0.05) is 0 Å². The molecule has 0 fully saturated rings. The Morgan fingerprint density at radius 2 is 1.53 bits per heavy atom. The van der Waals surface area contributed by atoms with Crippen LogP contribution in [0.5, 0.6) is 0 Å². The van der Waals surface area contributed by atoms with Crippen LogP contribution in [0.3, 0.4) is 0 Å². The van der Waals surface area contributed by atoms with E-state index in [4.69, 9.17) is 5.11 Å². The first-order valence-corrected chi connectivity index (χ1v) is 4.51. The summed E-state index contributed by atoms with van der Waals surface area (Å²) >= 11 is 0. The van der Waals surface area contributed by atoms with E-state index in [1.165, 1.54) is 0 Å². The van der Waals surface area contributed by atoms with E-state index >= 15 is 0 Å². The molecular formula is C10H8F6O. The van der Waals surface area contributed by atoms with Gasteiger partial charge in [-0.2, -0.15) is 26.3 Å². The fourth-order valence-corrected chi connectivity index (χ4v) is 1.44. The predicted octanol–water partition coefficient (Wildman–Crippen LogP) is 3.34. The van der Waals surface area contributed by atoms with Crippen LogP contribution in [0.25, 0.3) is 0 Å². The van der Waals surface area contributed by atoms with Crippen molar-refractivity contribution in [3.8, 4) is 0 Å². The summed E-state index contributed by atoms with van der Waals surface area (Å²) in [7, 11) is 0. The van der Waals surface area contributed by atoms with Crippen LogP contribution in [0, 0.1) is 0 Å². The number of alkyl halides is 6. The molecule has 1 aromatic carbocycles. The smallest absolute Gasteiger partial charge is 0.395 e. The average molecular weight is 258 g/mol. The third-order valence-corrected chi connectivity index (χ3v) is 2.22. The van der Waals surface area contributed by atoms with Gasteiger partial charge in [0.05, 0.1) is 12.2 Å². The van der Waals surface area contributed by atoms with Crippen LogP contribution in [-0.2, 0) is 6.18 Å². The summed E-state index contributed by atoms with van der Waals surface area (Å²) in [4.78, 5) is 0. The first-order chi connectivity index (χ1) is 7.68. The molecule has 96 valence electrons. The number of rotatable bonds is 2. The lowest BCUT2D eigenvalue weighted by Crippen LogP contribution is -2.26. The van der Waals surface area contributed by atoms with Crippen LogP contribution in [0.2, 0.25) is 0 Å². The second-order valence-corrected chi connectivity index (χ2v) is 3.36. The molecule has 0 bridgehead atoms. The molecule has 1 nitrogen and oxygen atoms in total. The highest BCUT2D eigenvalue weighted by molar-refractivity contribution is 5.33. The summed E-state index contributed by atoms with van der Waals surface area (Å²) in [6.07, 6.45) is -9.80. The van der Waals surface area contributed by atoms with Crippen molar-refractivity contribution in [2.24, 2.45) is 0 Å². The van der Waals surface area contributed by atoms with Crippen LogP contribution in [0.4, 0.5) is 26.3 Å². The molecule has 0 amide bonds. The zero-order chi connectivity index (χ0) is 13.3. The van der Waals surface area contributed by atoms with Gasteiger partial charge in [-0.05, 0) is 11.6 Å². The van der Waals surface area contributed by atoms with E-state index in [0.29, 0.717) is 6.07 Å². The van der Waals surface area contributed by atoms with E-state index in [-0.39, 0.29) is 0 Å². The first-order valence-electron chi connectivity index (χ1n) is 4.51. The quantitative estimate of drug-likeness (QED) is 0.806. The number of halogens is 6. The van der Waals surface area contributed by atoms with E-state index in [1.54, 1.807) is 0 Å². The van der Waals surface area contributed by atoms with Crippen molar-refractivity contribution in [2.75, 3.05) is 6.61 Å². The minimum atomic E-state index is -4.92. The van der Waals surface area contributed by atoms with Gasteiger partial charge in [-0.25, -0.2) is 0 Å². The topological polar surface area (TPSA) is 20.2 Å². The Balaban J connectivity index is 3.30. The van der Waals surface area contributed by atoms with Gasteiger partial charge in [0.2, 0.25) is 0 Å². The van der Waals surface area contributed by atoms with Crippen molar-refractivity contribution in [2.45, 2.75) is 18.3 Å². The van der Waals surface area contributed by atoms with Crippen molar-refractivity contribution < 1.29 is 31.4 Å². The molecule has 17 heavy (non-hydrogen) atoms. The Labute approximate surface area is 92.7 Å². The molecule has 1 aromatic rings. The van der Waals surface area contributed by atoms with Gasteiger partial charge in [-0.15, -0.1) is 0 Å². The predicted molar refractivity (Wildman–Crippen MR) is 47.3 cm³/mol. The molecule has 0 heterocycles. The molecule has 0 spiro atoms. The molecule has 0 aliphatic rings. The molecule has 7 heteroatoms. The maximum atomic E-state index is 12.5. The standard InChI is InChI=1S/C10H8F6O/c11-9(12,13)7-4-2-1-3-6(7)8(5-17)10(14,15)16/h1-4,8,17H,5H2. The Morgan fingerprint density at radius 3 is 1.94 bits per heavy atom. The van der Waals surface area contributed by atoms with Crippen molar-refractivity contribution in [1.82, 2.24) is 0 Å². The van der Waals surface area contributed by atoms with Gasteiger partial charge in [-0.3, -0.25) is 0 Å². The molecule has 0 saturated carbocycles. The van der Waals surface area contributed by atoms with E-state index in [9.17, 15) is 26.3 Å². The van der Waals surface area contributed by atoms with Gasteiger partial charge in [0.15, 0.2) is 0 Å². The highest BCUT2D eigenvalue weighted by Crippen LogP contribution is 2.41. The number of aliphatic hydroxyl groups excluding tert-OH is 1. The maximum absolute atomic E-state index is 12.5. The van der Waals surface area contributed by atoms with Crippen molar-refractivity contribution in [3.05, 3.63) is 35.4 Å². The molecular weight excluding hydrogens is 250 g/mol. The summed E-state index contributed by atoms with van der Waals surface area (Å²) < 4.78 is 74.8. The van der Waals surface area contributed by atoms with E-state index < -0.39 is 36.0 Å². The normalized spacial score (nSPS) is 14.8. The lowest BCUT2D eigenvalue weighted by atomic mass is 9.94. The molecule has 0 aromatic heterocycles. The zero-order valence-electron chi connectivity index (χ0n) is 8.31. The Kier molecular flexibility index (Phi) is 3.71. The first kappa shape index (κ1) is 13.8. The largest absolute Gasteiger partial charge is 0.416 e. The maximum Gasteiger partial charge on any atom is 0.416 e. The molecule has 1 rings (SSSR count). The Hall–Kier alpha value is -1.24. The lowest BCUT2D eigenvalue weighted by Gasteiger charge is -2.22. The van der Waals surface area contributed by atoms with Gasteiger partial charge < -0.3 is 5.11 Å². The highest BCUT2D eigenvalue weighted by Gasteiger charge is 2.45. The molecule has 0 saturated heterocycles. The van der Waals surface area contributed by atoms with Crippen molar-refractivity contribution >= 4 is 0 Å². The van der Waals surface area contributed by atoms with Crippen LogP contribution in [0.15, 0.2) is 24.3 Å². The number of aliphatic hydroxyl groups is 1. The summed E-state index contributed by atoms with van der Waals surface area (Å²) in [6.45, 7) is -1.42.